The molecule has 0 fully saturated rings. The van der Waals surface area contributed by atoms with Gasteiger partial charge in [-0.2, -0.15) is 5.10 Å². The van der Waals surface area contributed by atoms with E-state index >= 15 is 0 Å². The molecule has 1 heterocycles. The summed E-state index contributed by atoms with van der Waals surface area (Å²) in [6, 6.07) is 28.2. The van der Waals surface area contributed by atoms with Gasteiger partial charge in [-0.15, -0.1) is 0 Å². The van der Waals surface area contributed by atoms with Crippen molar-refractivity contribution in [3.05, 3.63) is 133 Å². The Hall–Kier alpha value is -4.60. The summed E-state index contributed by atoms with van der Waals surface area (Å²) in [5.74, 6) is 0.0444. The Morgan fingerprint density at radius 2 is 1.75 bits per heavy atom. The smallest absolute Gasteiger partial charge is 0.272 e. The number of rotatable bonds is 8. The first-order valence-electron chi connectivity index (χ1n) is 12.0. The standard InChI is InChI=1S/C30H20BrClN4O4/c31-26-15-22(32)14-21(29(26)40-18-19-10-12-23(13-11-19)36(38)39)17-33-35-30(37)25-16-28(20-6-2-1-3-7-20)34-27-9-5-4-8-24(25)27/h1-17H,18H2,(H,35,37)/b33-17-. The van der Waals surface area contributed by atoms with Gasteiger partial charge in [0.2, 0.25) is 0 Å². The normalized spacial score (nSPS) is 11.1. The zero-order valence-corrected chi connectivity index (χ0v) is 23.1. The highest BCUT2D eigenvalue weighted by Gasteiger charge is 2.15. The largest absolute Gasteiger partial charge is 0.487 e. The average Bonchev–Trinajstić information content (AvgIpc) is 2.96. The lowest BCUT2D eigenvalue weighted by molar-refractivity contribution is -0.384. The first kappa shape index (κ1) is 27.0. The van der Waals surface area contributed by atoms with Gasteiger partial charge in [0.1, 0.15) is 12.4 Å². The van der Waals surface area contributed by atoms with Crippen molar-refractivity contribution in [2.24, 2.45) is 5.10 Å². The molecule has 10 heteroatoms. The minimum absolute atomic E-state index is 0.00199. The van der Waals surface area contributed by atoms with Crippen molar-refractivity contribution in [3.8, 4) is 17.0 Å². The summed E-state index contributed by atoms with van der Waals surface area (Å²) in [5.41, 5.74) is 6.55. The fourth-order valence-electron chi connectivity index (χ4n) is 4.04. The van der Waals surface area contributed by atoms with E-state index in [0.29, 0.717) is 43.0 Å². The van der Waals surface area contributed by atoms with E-state index in [1.165, 1.54) is 18.3 Å². The number of ether oxygens (including phenoxy) is 1. The number of hydrazone groups is 1. The SMILES string of the molecule is O=C(N/N=C\c1cc(Cl)cc(Br)c1OCc1ccc([N+](=O)[O-])cc1)c1cc(-c2ccccc2)nc2ccccc12. The number of nitrogens with zero attached hydrogens (tertiary/aromatic N) is 3. The number of carbonyl (C=O) groups is 1. The molecule has 4 aromatic carbocycles. The van der Waals surface area contributed by atoms with Gasteiger partial charge in [-0.05, 0) is 57.9 Å². The number of benzene rings is 4. The van der Waals surface area contributed by atoms with Crippen molar-refractivity contribution in [1.82, 2.24) is 10.4 Å². The lowest BCUT2D eigenvalue weighted by atomic mass is 10.0. The molecule has 40 heavy (non-hydrogen) atoms. The van der Waals surface area contributed by atoms with Gasteiger partial charge in [-0.1, -0.05) is 60.1 Å². The van der Waals surface area contributed by atoms with Crippen LogP contribution in [-0.4, -0.2) is 22.0 Å². The molecular formula is C30H20BrClN4O4. The van der Waals surface area contributed by atoms with Crippen molar-refractivity contribution < 1.29 is 14.5 Å². The van der Waals surface area contributed by atoms with Crippen molar-refractivity contribution >= 4 is 56.2 Å². The molecule has 1 N–H and O–H groups in total. The summed E-state index contributed by atoms with van der Waals surface area (Å²) in [7, 11) is 0. The number of aromatic nitrogens is 1. The van der Waals surface area contributed by atoms with Crippen LogP contribution in [0.1, 0.15) is 21.5 Å². The molecular weight excluding hydrogens is 596 g/mol. The highest BCUT2D eigenvalue weighted by atomic mass is 79.9. The van der Waals surface area contributed by atoms with Crippen molar-refractivity contribution in [3.63, 3.8) is 0 Å². The van der Waals surface area contributed by atoms with Gasteiger partial charge in [-0.3, -0.25) is 14.9 Å². The highest BCUT2D eigenvalue weighted by molar-refractivity contribution is 9.10. The number of nitrogens with one attached hydrogen (secondary N) is 1. The van der Waals surface area contributed by atoms with E-state index in [-0.39, 0.29) is 12.3 Å². The van der Waals surface area contributed by atoms with Crippen LogP contribution in [0.5, 0.6) is 5.75 Å². The number of hydrogen-bond acceptors (Lipinski definition) is 6. The molecule has 0 aliphatic rings. The Morgan fingerprint density at radius 3 is 2.50 bits per heavy atom. The predicted octanol–water partition coefficient (Wildman–Crippen LogP) is 7.57. The van der Waals surface area contributed by atoms with Crippen LogP contribution in [-0.2, 0) is 6.61 Å². The van der Waals surface area contributed by atoms with Gasteiger partial charge in [0, 0.05) is 33.7 Å². The van der Waals surface area contributed by atoms with Crippen molar-refractivity contribution in [1.29, 1.82) is 0 Å². The number of halogens is 2. The number of fused-ring (bicyclic) bond motifs is 1. The molecule has 0 aliphatic heterocycles. The first-order chi connectivity index (χ1) is 19.4. The molecule has 5 aromatic rings. The number of non-ortho nitro benzene ring substituents is 1. The quantitative estimate of drug-likeness (QED) is 0.110. The summed E-state index contributed by atoms with van der Waals surface area (Å²) >= 11 is 9.72. The number of amides is 1. The first-order valence-corrected chi connectivity index (χ1v) is 13.2. The summed E-state index contributed by atoms with van der Waals surface area (Å²) in [6.45, 7) is 0.149. The van der Waals surface area contributed by atoms with E-state index in [1.54, 1.807) is 30.3 Å². The fraction of sp³-hybridized carbons (Fsp3) is 0.0333. The van der Waals surface area contributed by atoms with Crippen LogP contribution < -0.4 is 10.2 Å². The minimum Gasteiger partial charge on any atom is -0.487 e. The molecule has 8 nitrogen and oxygen atoms in total. The fourth-order valence-corrected chi connectivity index (χ4v) is 4.99. The maximum Gasteiger partial charge on any atom is 0.272 e. The summed E-state index contributed by atoms with van der Waals surface area (Å²) < 4.78 is 6.57. The summed E-state index contributed by atoms with van der Waals surface area (Å²) in [5, 5.41) is 16.2. The molecule has 0 aliphatic carbocycles. The Kier molecular flexibility index (Phi) is 8.14. The molecule has 1 aromatic heterocycles. The second-order valence-electron chi connectivity index (χ2n) is 8.66. The summed E-state index contributed by atoms with van der Waals surface area (Å²) in [4.78, 5) is 28.4. The van der Waals surface area contributed by atoms with Crippen molar-refractivity contribution in [2.45, 2.75) is 6.61 Å². The van der Waals surface area contributed by atoms with Crippen LogP contribution in [0, 0.1) is 10.1 Å². The van der Waals surface area contributed by atoms with Gasteiger partial charge < -0.3 is 4.74 Å². The molecule has 0 radical (unpaired) electrons. The third-order valence-electron chi connectivity index (χ3n) is 5.97. The second-order valence-corrected chi connectivity index (χ2v) is 9.95. The Bertz CT molecular complexity index is 1750. The van der Waals surface area contributed by atoms with Crippen LogP contribution in [0.15, 0.2) is 107 Å². The van der Waals surface area contributed by atoms with Crippen LogP contribution >= 0.6 is 27.5 Å². The molecule has 198 valence electrons. The highest BCUT2D eigenvalue weighted by Crippen LogP contribution is 2.33. The minimum atomic E-state index is -0.458. The summed E-state index contributed by atoms with van der Waals surface area (Å²) in [6.07, 6.45) is 1.45. The van der Waals surface area contributed by atoms with E-state index in [4.69, 9.17) is 21.3 Å². The van der Waals surface area contributed by atoms with Crippen LogP contribution in [0.25, 0.3) is 22.2 Å². The van der Waals surface area contributed by atoms with E-state index in [0.717, 1.165) is 11.1 Å². The Balaban J connectivity index is 1.38. The molecule has 0 unspecified atom stereocenters. The molecule has 0 saturated carbocycles. The Labute approximate surface area is 242 Å². The zero-order chi connectivity index (χ0) is 28.1. The number of nitro benzene ring substituents is 1. The van der Waals surface area contributed by atoms with Crippen LogP contribution in [0.2, 0.25) is 5.02 Å². The maximum absolute atomic E-state index is 13.3. The number of carbonyl (C=O) groups excluding carboxylic acids is 1. The lowest BCUT2D eigenvalue weighted by Gasteiger charge is -2.12. The predicted molar refractivity (Wildman–Crippen MR) is 159 cm³/mol. The molecule has 0 spiro atoms. The van der Waals surface area contributed by atoms with Gasteiger partial charge in [0.05, 0.1) is 32.4 Å². The molecule has 5 rings (SSSR count). The zero-order valence-electron chi connectivity index (χ0n) is 20.8. The monoisotopic (exact) mass is 614 g/mol. The molecule has 0 bridgehead atoms. The van der Waals surface area contributed by atoms with E-state index in [9.17, 15) is 14.9 Å². The average molecular weight is 616 g/mol. The third-order valence-corrected chi connectivity index (χ3v) is 6.77. The van der Waals surface area contributed by atoms with Gasteiger partial charge in [0.25, 0.3) is 11.6 Å². The topological polar surface area (TPSA) is 107 Å². The van der Waals surface area contributed by atoms with E-state index in [2.05, 4.69) is 26.5 Å². The van der Waals surface area contributed by atoms with E-state index < -0.39 is 10.8 Å². The third kappa shape index (κ3) is 6.17. The maximum atomic E-state index is 13.3. The van der Waals surface area contributed by atoms with Gasteiger partial charge in [-0.25, -0.2) is 10.4 Å². The lowest BCUT2D eigenvalue weighted by Crippen LogP contribution is -2.18. The second kappa shape index (κ2) is 12.1. The van der Waals surface area contributed by atoms with E-state index in [1.807, 2.05) is 54.6 Å². The number of nitro groups is 1. The number of hydrogen-bond donors (Lipinski definition) is 1. The molecule has 0 saturated heterocycles. The Morgan fingerprint density at radius 1 is 1.02 bits per heavy atom. The van der Waals surface area contributed by atoms with Crippen LogP contribution in [0.4, 0.5) is 5.69 Å². The van der Waals surface area contributed by atoms with Gasteiger partial charge in [0.15, 0.2) is 0 Å². The number of pyridine rings is 1. The van der Waals surface area contributed by atoms with Crippen LogP contribution in [0.3, 0.4) is 0 Å². The van der Waals surface area contributed by atoms with Crippen molar-refractivity contribution in [2.75, 3.05) is 0 Å². The number of para-hydroxylation sites is 1. The van der Waals surface area contributed by atoms with Gasteiger partial charge >= 0.3 is 0 Å². The molecule has 0 atom stereocenters. The molecule has 1 amide bonds.